The summed E-state index contributed by atoms with van der Waals surface area (Å²) >= 11 is 0. The fourth-order valence-corrected chi connectivity index (χ4v) is 1.61. The second-order valence-corrected chi connectivity index (χ2v) is 3.66. The fraction of sp³-hybridized carbons (Fsp3) is 0.0769. The molecule has 2 nitrogen and oxygen atoms in total. The lowest BCUT2D eigenvalue weighted by atomic mass is 10.0. The number of pyridine rings is 1. The van der Waals surface area contributed by atoms with Gasteiger partial charge in [-0.3, -0.25) is 9.78 Å². The summed E-state index contributed by atoms with van der Waals surface area (Å²) in [5.41, 5.74) is 0.0519. The molecule has 2 aromatic rings. The lowest BCUT2D eigenvalue weighted by Crippen LogP contribution is -2.07. The Morgan fingerprint density at radius 2 is 1.72 bits per heavy atom. The second-order valence-electron chi connectivity index (χ2n) is 3.66. The number of carbonyl (C=O) groups is 1. The summed E-state index contributed by atoms with van der Waals surface area (Å²) in [5, 5.41) is 0. The van der Waals surface area contributed by atoms with Crippen molar-refractivity contribution >= 4 is 6.29 Å². The van der Waals surface area contributed by atoms with E-state index in [0.717, 1.165) is 12.3 Å². The van der Waals surface area contributed by atoms with Crippen LogP contribution in [0.25, 0.3) is 11.1 Å². The van der Waals surface area contributed by atoms with Crippen molar-refractivity contribution in [1.82, 2.24) is 4.98 Å². The van der Waals surface area contributed by atoms with Gasteiger partial charge in [0.2, 0.25) is 0 Å². The van der Waals surface area contributed by atoms with Crippen molar-refractivity contribution in [3.8, 4) is 11.1 Å². The molecule has 0 N–H and O–H groups in total. The van der Waals surface area contributed by atoms with E-state index in [1.807, 2.05) is 0 Å². The van der Waals surface area contributed by atoms with E-state index < -0.39 is 11.7 Å². The van der Waals surface area contributed by atoms with Crippen LogP contribution in [0.1, 0.15) is 15.9 Å². The number of nitrogens with zero attached hydrogens (tertiary/aromatic N) is 1. The molecule has 0 spiro atoms. The predicted octanol–water partition coefficient (Wildman–Crippen LogP) is 3.58. The summed E-state index contributed by atoms with van der Waals surface area (Å²) < 4.78 is 38.4. The third-order valence-corrected chi connectivity index (χ3v) is 2.48. The molecule has 0 bridgehead atoms. The van der Waals surface area contributed by atoms with Crippen LogP contribution in [-0.4, -0.2) is 11.3 Å². The molecule has 0 unspecified atom stereocenters. The first-order chi connectivity index (χ1) is 8.52. The Bertz CT molecular complexity index is 561. The molecule has 0 amide bonds. The van der Waals surface area contributed by atoms with Crippen LogP contribution < -0.4 is 0 Å². The Morgan fingerprint density at radius 1 is 1.06 bits per heavy atom. The number of aromatic nitrogens is 1. The molecule has 0 radical (unpaired) electrons. The standard InChI is InChI=1S/C13H8F3NO/c14-13(15,16)12-5-6-17-7-11(12)10-3-1-9(8-18)2-4-10/h1-8H. The summed E-state index contributed by atoms with van der Waals surface area (Å²) in [6.45, 7) is 0. The normalized spacial score (nSPS) is 11.3. The minimum atomic E-state index is -4.43. The highest BCUT2D eigenvalue weighted by Gasteiger charge is 2.33. The van der Waals surface area contributed by atoms with Gasteiger partial charge in [-0.05, 0) is 11.6 Å². The highest BCUT2D eigenvalue weighted by Crippen LogP contribution is 2.36. The van der Waals surface area contributed by atoms with Gasteiger partial charge in [-0.2, -0.15) is 13.2 Å². The van der Waals surface area contributed by atoms with Crippen molar-refractivity contribution in [2.45, 2.75) is 6.18 Å². The topological polar surface area (TPSA) is 30.0 Å². The molecule has 18 heavy (non-hydrogen) atoms. The van der Waals surface area contributed by atoms with Crippen LogP contribution in [0.5, 0.6) is 0 Å². The van der Waals surface area contributed by atoms with Crippen molar-refractivity contribution < 1.29 is 18.0 Å². The molecule has 0 aliphatic rings. The summed E-state index contributed by atoms with van der Waals surface area (Å²) in [6, 6.07) is 6.81. The number of carbonyl (C=O) groups excluding carboxylic acids is 1. The minimum absolute atomic E-state index is 0.00227. The molecule has 0 aliphatic heterocycles. The van der Waals surface area contributed by atoms with Gasteiger partial charge in [0.25, 0.3) is 0 Å². The number of benzene rings is 1. The Morgan fingerprint density at radius 3 is 2.28 bits per heavy atom. The fourth-order valence-electron chi connectivity index (χ4n) is 1.61. The van der Waals surface area contributed by atoms with Crippen molar-refractivity contribution in [2.24, 2.45) is 0 Å². The van der Waals surface area contributed by atoms with Crippen molar-refractivity contribution in [3.63, 3.8) is 0 Å². The van der Waals surface area contributed by atoms with Crippen LogP contribution in [0.2, 0.25) is 0 Å². The maximum absolute atomic E-state index is 12.8. The average molecular weight is 251 g/mol. The Labute approximate surface area is 101 Å². The van der Waals surface area contributed by atoms with E-state index in [9.17, 15) is 18.0 Å². The zero-order valence-electron chi connectivity index (χ0n) is 9.11. The molecule has 0 fully saturated rings. The van der Waals surface area contributed by atoms with Gasteiger partial charge in [0.05, 0.1) is 5.56 Å². The van der Waals surface area contributed by atoms with Crippen LogP contribution in [0.3, 0.4) is 0 Å². The quantitative estimate of drug-likeness (QED) is 0.763. The molecule has 1 heterocycles. The SMILES string of the molecule is O=Cc1ccc(-c2cnccc2C(F)(F)F)cc1. The number of rotatable bonds is 2. The second kappa shape index (κ2) is 4.60. The summed E-state index contributed by atoms with van der Waals surface area (Å²) in [6.07, 6.45) is -1.52. The first-order valence-electron chi connectivity index (χ1n) is 5.09. The molecule has 1 aromatic heterocycles. The highest BCUT2D eigenvalue weighted by molar-refractivity contribution is 5.77. The lowest BCUT2D eigenvalue weighted by molar-refractivity contribution is -0.137. The van der Waals surface area contributed by atoms with E-state index in [0.29, 0.717) is 17.4 Å². The van der Waals surface area contributed by atoms with Gasteiger partial charge >= 0.3 is 6.18 Å². The molecule has 0 aliphatic carbocycles. The van der Waals surface area contributed by atoms with Gasteiger partial charge in [-0.1, -0.05) is 24.3 Å². The van der Waals surface area contributed by atoms with Gasteiger partial charge in [-0.25, -0.2) is 0 Å². The summed E-state index contributed by atoms with van der Waals surface area (Å²) in [5.74, 6) is 0. The number of alkyl halides is 3. The monoisotopic (exact) mass is 251 g/mol. The predicted molar refractivity (Wildman–Crippen MR) is 60.1 cm³/mol. The van der Waals surface area contributed by atoms with Crippen LogP contribution in [0, 0.1) is 0 Å². The molecule has 0 saturated carbocycles. The van der Waals surface area contributed by atoms with Crippen LogP contribution >= 0.6 is 0 Å². The molecule has 5 heteroatoms. The first kappa shape index (κ1) is 12.3. The zero-order valence-corrected chi connectivity index (χ0v) is 9.11. The van der Waals surface area contributed by atoms with Gasteiger partial charge in [0.15, 0.2) is 0 Å². The average Bonchev–Trinajstić information content (AvgIpc) is 2.38. The third kappa shape index (κ3) is 2.40. The van der Waals surface area contributed by atoms with Gasteiger partial charge in [-0.15, -0.1) is 0 Å². The maximum atomic E-state index is 12.8. The number of hydrogen-bond donors (Lipinski definition) is 0. The highest BCUT2D eigenvalue weighted by atomic mass is 19.4. The molecule has 0 atom stereocenters. The number of aldehydes is 1. The van der Waals surface area contributed by atoms with Crippen LogP contribution in [0.4, 0.5) is 13.2 Å². The minimum Gasteiger partial charge on any atom is -0.298 e. The van der Waals surface area contributed by atoms with Crippen LogP contribution in [-0.2, 0) is 6.18 Å². The number of halogens is 3. The van der Waals surface area contributed by atoms with E-state index in [1.165, 1.54) is 30.5 Å². The number of hydrogen-bond acceptors (Lipinski definition) is 2. The summed E-state index contributed by atoms with van der Waals surface area (Å²) in [7, 11) is 0. The van der Waals surface area contributed by atoms with E-state index in [-0.39, 0.29) is 5.56 Å². The molecule has 2 rings (SSSR count). The molecule has 92 valence electrons. The Balaban J connectivity index is 2.53. The zero-order chi connectivity index (χ0) is 13.2. The Kier molecular flexibility index (Phi) is 3.14. The molecule has 1 aromatic carbocycles. The van der Waals surface area contributed by atoms with E-state index in [4.69, 9.17) is 0 Å². The van der Waals surface area contributed by atoms with E-state index >= 15 is 0 Å². The Hall–Kier alpha value is -2.17. The van der Waals surface area contributed by atoms with Gasteiger partial charge < -0.3 is 0 Å². The third-order valence-electron chi connectivity index (χ3n) is 2.48. The van der Waals surface area contributed by atoms with Crippen molar-refractivity contribution in [3.05, 3.63) is 53.9 Å². The molecular weight excluding hydrogens is 243 g/mol. The van der Waals surface area contributed by atoms with E-state index in [1.54, 1.807) is 0 Å². The smallest absolute Gasteiger partial charge is 0.298 e. The van der Waals surface area contributed by atoms with Crippen molar-refractivity contribution in [2.75, 3.05) is 0 Å². The molecular formula is C13H8F3NO. The van der Waals surface area contributed by atoms with Gasteiger partial charge in [0, 0.05) is 23.5 Å². The van der Waals surface area contributed by atoms with Crippen molar-refractivity contribution in [1.29, 1.82) is 0 Å². The maximum Gasteiger partial charge on any atom is 0.417 e. The van der Waals surface area contributed by atoms with Crippen LogP contribution in [0.15, 0.2) is 42.7 Å². The van der Waals surface area contributed by atoms with E-state index in [2.05, 4.69) is 4.98 Å². The first-order valence-corrected chi connectivity index (χ1v) is 5.09. The van der Waals surface area contributed by atoms with Gasteiger partial charge in [0.1, 0.15) is 6.29 Å². The molecule has 0 saturated heterocycles. The lowest BCUT2D eigenvalue weighted by Gasteiger charge is -2.12. The summed E-state index contributed by atoms with van der Waals surface area (Å²) in [4.78, 5) is 14.2. The largest absolute Gasteiger partial charge is 0.417 e.